The molecule has 0 bridgehead atoms. The zero-order valence-electron chi connectivity index (χ0n) is 12.0. The van der Waals surface area contributed by atoms with Crippen LogP contribution < -0.4 is 0 Å². The number of alkyl halides is 1. The van der Waals surface area contributed by atoms with E-state index in [-0.39, 0.29) is 0 Å². The molecule has 0 spiro atoms. The van der Waals surface area contributed by atoms with Crippen LogP contribution in [-0.4, -0.2) is 54.9 Å². The predicted octanol–water partition coefficient (Wildman–Crippen LogP) is 3.07. The zero-order chi connectivity index (χ0) is 12.9. The number of likely N-dealkylation sites (tertiary alicyclic amines) is 1. The summed E-state index contributed by atoms with van der Waals surface area (Å²) in [5, 5.41) is 1.10. The lowest BCUT2D eigenvalue weighted by Crippen LogP contribution is -2.38. The third-order valence-corrected chi connectivity index (χ3v) is 4.72. The molecule has 1 aliphatic heterocycles. The van der Waals surface area contributed by atoms with Gasteiger partial charge in [-0.05, 0) is 44.3 Å². The van der Waals surface area contributed by atoms with Crippen molar-refractivity contribution in [1.29, 1.82) is 0 Å². The van der Waals surface area contributed by atoms with E-state index < -0.39 is 0 Å². The van der Waals surface area contributed by atoms with Crippen molar-refractivity contribution in [3.05, 3.63) is 0 Å². The average molecular weight is 305 g/mol. The summed E-state index contributed by atoms with van der Waals surface area (Å²) in [5.74, 6) is 0.728. The van der Waals surface area contributed by atoms with E-state index in [9.17, 15) is 0 Å². The Bertz CT molecular complexity index is 207. The van der Waals surface area contributed by atoms with E-state index >= 15 is 0 Å². The third kappa shape index (κ3) is 5.71. The van der Waals surface area contributed by atoms with Gasteiger partial charge in [-0.1, -0.05) is 36.7 Å². The normalized spacial score (nSPS) is 20.1. The maximum atomic E-state index is 3.66. The van der Waals surface area contributed by atoms with Gasteiger partial charge in [0.2, 0.25) is 0 Å². The van der Waals surface area contributed by atoms with E-state index in [1.165, 1.54) is 45.6 Å². The molecule has 0 amide bonds. The molecule has 102 valence electrons. The summed E-state index contributed by atoms with van der Waals surface area (Å²) in [4.78, 5) is 5.09. The highest BCUT2D eigenvalue weighted by atomic mass is 79.9. The molecule has 0 aromatic rings. The highest BCUT2D eigenvalue weighted by Gasteiger charge is 2.24. The first-order chi connectivity index (χ1) is 7.93. The second kappa shape index (κ2) is 7.10. The zero-order valence-corrected chi connectivity index (χ0v) is 13.6. The number of likely N-dealkylation sites (N-methyl/N-ethyl adjacent to an activating group) is 1. The molecule has 0 aliphatic carbocycles. The van der Waals surface area contributed by atoms with Gasteiger partial charge in [0.1, 0.15) is 0 Å². The predicted molar refractivity (Wildman–Crippen MR) is 79.9 cm³/mol. The van der Waals surface area contributed by atoms with Crippen molar-refractivity contribution >= 4 is 15.9 Å². The molecule has 1 aliphatic rings. The largest absolute Gasteiger partial charge is 0.305 e. The molecule has 3 heteroatoms. The highest BCUT2D eigenvalue weighted by molar-refractivity contribution is 9.09. The van der Waals surface area contributed by atoms with E-state index in [4.69, 9.17) is 0 Å². The Morgan fingerprint density at radius 2 is 1.82 bits per heavy atom. The van der Waals surface area contributed by atoms with Crippen molar-refractivity contribution in [1.82, 2.24) is 9.80 Å². The first kappa shape index (κ1) is 15.5. The number of hydrogen-bond donors (Lipinski definition) is 0. The Morgan fingerprint density at radius 1 is 1.24 bits per heavy atom. The molecular weight excluding hydrogens is 276 g/mol. The molecule has 1 rings (SSSR count). The molecular formula is C14H29BrN2. The summed E-state index contributed by atoms with van der Waals surface area (Å²) in [7, 11) is 2.26. The summed E-state index contributed by atoms with van der Waals surface area (Å²) in [6.07, 6.45) is 2.80. The van der Waals surface area contributed by atoms with Crippen LogP contribution in [0.2, 0.25) is 0 Å². The number of nitrogens with zero attached hydrogens (tertiary/aromatic N) is 2. The SMILES string of the molecule is CN(CCN1CCCC1)CC(CBr)C(C)(C)C. The minimum absolute atomic E-state index is 0.394. The lowest BCUT2D eigenvalue weighted by atomic mass is 9.82. The number of rotatable bonds is 6. The second-order valence-corrected chi connectivity index (χ2v) is 7.18. The van der Waals surface area contributed by atoms with Gasteiger partial charge in [0.25, 0.3) is 0 Å². The summed E-state index contributed by atoms with van der Waals surface area (Å²) < 4.78 is 0. The van der Waals surface area contributed by atoms with Gasteiger partial charge in [0.05, 0.1) is 0 Å². The lowest BCUT2D eigenvalue weighted by molar-refractivity contribution is 0.174. The van der Waals surface area contributed by atoms with Crippen molar-refractivity contribution in [2.45, 2.75) is 33.6 Å². The fourth-order valence-electron chi connectivity index (χ4n) is 2.34. The fraction of sp³-hybridized carbons (Fsp3) is 1.00. The molecule has 0 aromatic heterocycles. The number of hydrogen-bond acceptors (Lipinski definition) is 2. The van der Waals surface area contributed by atoms with Crippen LogP contribution in [0.5, 0.6) is 0 Å². The van der Waals surface area contributed by atoms with Crippen LogP contribution in [0.3, 0.4) is 0 Å². The molecule has 0 aromatic carbocycles. The Balaban J connectivity index is 2.24. The standard InChI is InChI=1S/C14H29BrN2/c1-14(2,3)13(11-15)12-16(4)9-10-17-7-5-6-8-17/h13H,5-12H2,1-4H3. The van der Waals surface area contributed by atoms with E-state index in [1.807, 2.05) is 0 Å². The Kier molecular flexibility index (Phi) is 6.46. The molecule has 0 N–H and O–H groups in total. The topological polar surface area (TPSA) is 6.48 Å². The van der Waals surface area contributed by atoms with E-state index in [0.29, 0.717) is 5.41 Å². The molecule has 1 fully saturated rings. The van der Waals surface area contributed by atoms with Crippen LogP contribution in [0, 0.1) is 11.3 Å². The van der Waals surface area contributed by atoms with Crippen molar-refractivity contribution < 1.29 is 0 Å². The van der Waals surface area contributed by atoms with Crippen LogP contribution in [0.4, 0.5) is 0 Å². The molecule has 1 saturated heterocycles. The summed E-state index contributed by atoms with van der Waals surface area (Å²) in [6, 6.07) is 0. The quantitative estimate of drug-likeness (QED) is 0.696. The Labute approximate surface area is 116 Å². The maximum absolute atomic E-state index is 3.66. The summed E-state index contributed by atoms with van der Waals surface area (Å²) in [5.41, 5.74) is 0.394. The highest BCUT2D eigenvalue weighted by Crippen LogP contribution is 2.27. The molecule has 1 unspecified atom stereocenters. The van der Waals surface area contributed by atoms with Crippen molar-refractivity contribution in [3.63, 3.8) is 0 Å². The van der Waals surface area contributed by atoms with Gasteiger partial charge in [0.15, 0.2) is 0 Å². The van der Waals surface area contributed by atoms with Gasteiger partial charge in [-0.3, -0.25) is 0 Å². The summed E-state index contributed by atoms with van der Waals surface area (Å²) >= 11 is 3.66. The molecule has 2 nitrogen and oxygen atoms in total. The lowest BCUT2D eigenvalue weighted by Gasteiger charge is -2.33. The summed E-state index contributed by atoms with van der Waals surface area (Å²) in [6.45, 7) is 13.3. The maximum Gasteiger partial charge on any atom is 0.0109 e. The Hall–Kier alpha value is 0.400. The van der Waals surface area contributed by atoms with Gasteiger partial charge >= 0.3 is 0 Å². The van der Waals surface area contributed by atoms with Crippen LogP contribution in [0.25, 0.3) is 0 Å². The van der Waals surface area contributed by atoms with Gasteiger partial charge in [-0.15, -0.1) is 0 Å². The minimum Gasteiger partial charge on any atom is -0.305 e. The molecule has 0 saturated carbocycles. The first-order valence-corrected chi connectivity index (χ1v) is 8.02. The second-order valence-electron chi connectivity index (χ2n) is 6.53. The Morgan fingerprint density at radius 3 is 2.29 bits per heavy atom. The fourth-order valence-corrected chi connectivity index (χ4v) is 3.52. The van der Waals surface area contributed by atoms with Crippen molar-refractivity contribution in [2.75, 3.05) is 45.1 Å². The average Bonchev–Trinajstić information content (AvgIpc) is 2.74. The molecule has 17 heavy (non-hydrogen) atoms. The van der Waals surface area contributed by atoms with Gasteiger partial charge in [-0.25, -0.2) is 0 Å². The first-order valence-electron chi connectivity index (χ1n) is 6.90. The monoisotopic (exact) mass is 304 g/mol. The van der Waals surface area contributed by atoms with E-state index in [1.54, 1.807) is 0 Å². The minimum atomic E-state index is 0.394. The molecule has 1 atom stereocenters. The van der Waals surface area contributed by atoms with Crippen LogP contribution in [0.1, 0.15) is 33.6 Å². The number of halogens is 1. The van der Waals surface area contributed by atoms with Gasteiger partial charge < -0.3 is 9.80 Å². The molecule has 0 radical (unpaired) electrons. The third-order valence-electron chi connectivity index (χ3n) is 3.94. The molecule has 1 heterocycles. The van der Waals surface area contributed by atoms with Crippen LogP contribution >= 0.6 is 15.9 Å². The van der Waals surface area contributed by atoms with Gasteiger partial charge in [-0.2, -0.15) is 0 Å². The smallest absolute Gasteiger partial charge is 0.0109 e. The van der Waals surface area contributed by atoms with E-state index in [2.05, 4.69) is 53.5 Å². The van der Waals surface area contributed by atoms with E-state index in [0.717, 1.165) is 11.2 Å². The van der Waals surface area contributed by atoms with Crippen molar-refractivity contribution in [2.24, 2.45) is 11.3 Å². The van der Waals surface area contributed by atoms with Crippen LogP contribution in [-0.2, 0) is 0 Å². The van der Waals surface area contributed by atoms with Crippen LogP contribution in [0.15, 0.2) is 0 Å². The van der Waals surface area contributed by atoms with Gasteiger partial charge in [0, 0.05) is 25.0 Å². The van der Waals surface area contributed by atoms with Crippen molar-refractivity contribution in [3.8, 4) is 0 Å².